The Balaban J connectivity index is 1.22. The number of amides is 2. The first-order valence-electron chi connectivity index (χ1n) is 10.7. The third-order valence-electron chi connectivity index (χ3n) is 5.61. The van der Waals surface area contributed by atoms with Gasteiger partial charge in [0.25, 0.3) is 5.56 Å². The van der Waals surface area contributed by atoms with Crippen molar-refractivity contribution in [3.05, 3.63) is 81.2 Å². The number of rotatable bonds is 4. The molecule has 2 aromatic heterocycles. The normalized spacial score (nSPS) is 14.4. The third kappa shape index (κ3) is 5.16. The highest BCUT2D eigenvalue weighted by atomic mass is 35.5. The van der Waals surface area contributed by atoms with Gasteiger partial charge in [-0.1, -0.05) is 22.9 Å². The van der Waals surface area contributed by atoms with Crippen molar-refractivity contribution in [1.29, 1.82) is 0 Å². The zero-order valence-electron chi connectivity index (χ0n) is 18.2. The van der Waals surface area contributed by atoms with Gasteiger partial charge in [0.2, 0.25) is 4.96 Å². The maximum atomic E-state index is 13.3. The predicted molar refractivity (Wildman–Crippen MR) is 130 cm³/mol. The molecule has 12 heteroatoms. The smallest absolute Gasteiger partial charge is 0.321 e. The monoisotopic (exact) mass is 516 g/mol. The zero-order chi connectivity index (χ0) is 24.5. The van der Waals surface area contributed by atoms with Crippen LogP contribution < -0.4 is 10.9 Å². The van der Waals surface area contributed by atoms with Crippen LogP contribution in [0.15, 0.2) is 53.3 Å². The van der Waals surface area contributed by atoms with Gasteiger partial charge < -0.3 is 10.2 Å². The molecule has 8 nitrogen and oxygen atoms in total. The molecule has 0 spiro atoms. The molecule has 0 saturated carbocycles. The van der Waals surface area contributed by atoms with E-state index in [0.717, 1.165) is 0 Å². The van der Waals surface area contributed by atoms with E-state index in [1.54, 1.807) is 17.0 Å². The SMILES string of the molecule is O=C(Nc1ccc(F)c(Cl)c1)N1CCN(Cc2cc(=O)n3nc(-c4ccc(F)cc4)sc3n2)CC1. The molecule has 4 aromatic rings. The number of hydrogen-bond acceptors (Lipinski definition) is 6. The number of aromatic nitrogens is 3. The van der Waals surface area contributed by atoms with E-state index in [2.05, 4.69) is 20.3 Å². The molecule has 0 bridgehead atoms. The first-order valence-corrected chi connectivity index (χ1v) is 11.9. The van der Waals surface area contributed by atoms with Crippen LogP contribution in [0.4, 0.5) is 19.3 Å². The number of carbonyl (C=O) groups is 1. The van der Waals surface area contributed by atoms with Gasteiger partial charge in [0.05, 0.1) is 10.7 Å². The van der Waals surface area contributed by atoms with Crippen LogP contribution >= 0.6 is 22.9 Å². The molecule has 1 aliphatic rings. The molecule has 1 saturated heterocycles. The average molecular weight is 517 g/mol. The number of benzene rings is 2. The fraction of sp³-hybridized carbons (Fsp3) is 0.217. The van der Waals surface area contributed by atoms with Crippen LogP contribution in [0.3, 0.4) is 0 Å². The molecular weight excluding hydrogens is 498 g/mol. The van der Waals surface area contributed by atoms with Crippen LogP contribution in [0.5, 0.6) is 0 Å². The Hall–Kier alpha value is -3.41. The lowest BCUT2D eigenvalue weighted by Crippen LogP contribution is -2.49. The summed E-state index contributed by atoms with van der Waals surface area (Å²) >= 11 is 7.03. The van der Waals surface area contributed by atoms with Gasteiger partial charge >= 0.3 is 6.03 Å². The number of halogens is 3. The summed E-state index contributed by atoms with van der Waals surface area (Å²) in [4.78, 5) is 34.0. The lowest BCUT2D eigenvalue weighted by Gasteiger charge is -2.34. The van der Waals surface area contributed by atoms with Crippen molar-refractivity contribution in [2.45, 2.75) is 6.54 Å². The van der Waals surface area contributed by atoms with Crippen molar-refractivity contribution in [1.82, 2.24) is 24.4 Å². The highest BCUT2D eigenvalue weighted by Crippen LogP contribution is 2.25. The lowest BCUT2D eigenvalue weighted by atomic mass is 10.2. The first kappa shape index (κ1) is 23.3. The molecule has 2 aromatic carbocycles. The molecule has 5 rings (SSSR count). The summed E-state index contributed by atoms with van der Waals surface area (Å²) in [6.07, 6.45) is 0. The van der Waals surface area contributed by atoms with Crippen molar-refractivity contribution in [2.75, 3.05) is 31.5 Å². The van der Waals surface area contributed by atoms with E-state index in [1.807, 2.05) is 0 Å². The average Bonchev–Trinajstić information content (AvgIpc) is 3.27. The fourth-order valence-electron chi connectivity index (χ4n) is 3.76. The summed E-state index contributed by atoms with van der Waals surface area (Å²) in [6.45, 7) is 2.62. The van der Waals surface area contributed by atoms with Crippen molar-refractivity contribution >= 4 is 39.6 Å². The molecule has 0 atom stereocenters. The molecular formula is C23H19ClF2N6O2S. The largest absolute Gasteiger partial charge is 0.322 e. The van der Waals surface area contributed by atoms with Crippen LogP contribution in [-0.4, -0.2) is 56.6 Å². The summed E-state index contributed by atoms with van der Waals surface area (Å²) < 4.78 is 27.8. The van der Waals surface area contributed by atoms with Gasteiger partial charge in [0.15, 0.2) is 0 Å². The van der Waals surface area contributed by atoms with Crippen molar-refractivity contribution in [2.24, 2.45) is 0 Å². The molecule has 1 aliphatic heterocycles. The van der Waals surface area contributed by atoms with Crippen LogP contribution in [0.2, 0.25) is 5.02 Å². The number of nitrogens with one attached hydrogen (secondary N) is 1. The molecule has 2 amide bonds. The molecule has 0 unspecified atom stereocenters. The van der Waals surface area contributed by atoms with Gasteiger partial charge in [-0.05, 0) is 42.5 Å². The Morgan fingerprint density at radius 1 is 1.06 bits per heavy atom. The lowest BCUT2D eigenvalue weighted by molar-refractivity contribution is 0.142. The Kier molecular flexibility index (Phi) is 6.46. The van der Waals surface area contributed by atoms with Crippen LogP contribution in [0.1, 0.15) is 5.69 Å². The minimum Gasteiger partial charge on any atom is -0.322 e. The Morgan fingerprint density at radius 3 is 2.51 bits per heavy atom. The number of urea groups is 1. The van der Waals surface area contributed by atoms with Crippen molar-refractivity contribution in [3.8, 4) is 10.6 Å². The fourth-order valence-corrected chi connectivity index (χ4v) is 4.87. The first-order chi connectivity index (χ1) is 16.9. The van der Waals surface area contributed by atoms with Crippen molar-refractivity contribution < 1.29 is 13.6 Å². The standard InChI is InChI=1S/C23H19ClF2N6O2S/c24-18-11-16(5-6-19(18)26)27-22(34)31-9-7-30(8-10-31)13-17-12-20(33)32-23(28-17)35-21(29-32)14-1-3-15(25)4-2-14/h1-6,11-12H,7-10,13H2,(H,27,34). The second-order valence-corrected chi connectivity index (χ2v) is 9.38. The van der Waals surface area contributed by atoms with E-state index in [-0.39, 0.29) is 22.4 Å². The summed E-state index contributed by atoms with van der Waals surface area (Å²) in [6, 6.07) is 11.1. The number of anilines is 1. The Bertz CT molecular complexity index is 1450. The second kappa shape index (κ2) is 9.68. The van der Waals surface area contributed by atoms with Crippen LogP contribution in [0.25, 0.3) is 15.5 Å². The maximum Gasteiger partial charge on any atom is 0.321 e. The highest BCUT2D eigenvalue weighted by Gasteiger charge is 2.22. The molecule has 0 aliphatic carbocycles. The summed E-state index contributed by atoms with van der Waals surface area (Å²) in [7, 11) is 0. The zero-order valence-corrected chi connectivity index (χ0v) is 19.8. The number of nitrogens with zero attached hydrogens (tertiary/aromatic N) is 5. The second-order valence-electron chi connectivity index (χ2n) is 8.02. The van der Waals surface area contributed by atoms with Gasteiger partial charge in [-0.3, -0.25) is 9.69 Å². The molecule has 1 fully saturated rings. The van der Waals surface area contributed by atoms with Gasteiger partial charge in [-0.25, -0.2) is 18.6 Å². The maximum absolute atomic E-state index is 13.3. The van der Waals surface area contributed by atoms with E-state index >= 15 is 0 Å². The van der Waals surface area contributed by atoms with Crippen LogP contribution in [0, 0.1) is 11.6 Å². The third-order valence-corrected chi connectivity index (χ3v) is 6.85. The van der Waals surface area contributed by atoms with E-state index in [9.17, 15) is 18.4 Å². The van der Waals surface area contributed by atoms with Gasteiger partial charge in [-0.15, -0.1) is 0 Å². The summed E-state index contributed by atoms with van der Waals surface area (Å²) in [5, 5.41) is 7.56. The Morgan fingerprint density at radius 2 is 1.80 bits per heavy atom. The number of carbonyl (C=O) groups excluding carboxylic acids is 1. The number of hydrogen-bond donors (Lipinski definition) is 1. The van der Waals surface area contributed by atoms with E-state index in [1.165, 1.54) is 52.3 Å². The van der Waals surface area contributed by atoms with Gasteiger partial charge in [0.1, 0.15) is 16.6 Å². The van der Waals surface area contributed by atoms with E-state index in [0.29, 0.717) is 59.6 Å². The number of fused-ring (bicyclic) bond motifs is 1. The Labute approximate surface area is 207 Å². The highest BCUT2D eigenvalue weighted by molar-refractivity contribution is 7.19. The quantitative estimate of drug-likeness (QED) is 0.441. The topological polar surface area (TPSA) is 82.8 Å². The predicted octanol–water partition coefficient (Wildman–Crippen LogP) is 4.10. The van der Waals surface area contributed by atoms with Crippen molar-refractivity contribution in [3.63, 3.8) is 0 Å². The molecule has 35 heavy (non-hydrogen) atoms. The minimum absolute atomic E-state index is 0.0567. The minimum atomic E-state index is -0.547. The summed E-state index contributed by atoms with van der Waals surface area (Å²) in [5.41, 5.74) is 1.46. The van der Waals surface area contributed by atoms with E-state index in [4.69, 9.17) is 11.6 Å². The van der Waals surface area contributed by atoms with Crippen LogP contribution in [-0.2, 0) is 6.54 Å². The van der Waals surface area contributed by atoms with Gasteiger partial charge in [0, 0.05) is 50.0 Å². The summed E-state index contributed by atoms with van der Waals surface area (Å²) in [5.74, 6) is -0.889. The molecule has 1 N–H and O–H groups in total. The van der Waals surface area contributed by atoms with E-state index < -0.39 is 5.82 Å². The molecule has 180 valence electrons. The number of piperazine rings is 1. The molecule has 3 heterocycles. The van der Waals surface area contributed by atoms with Gasteiger partial charge in [-0.2, -0.15) is 9.61 Å². The molecule has 0 radical (unpaired) electrons.